The fourth-order valence-electron chi connectivity index (χ4n) is 2.93. The van der Waals surface area contributed by atoms with Crippen LogP contribution in [0.1, 0.15) is 12.8 Å². The highest BCUT2D eigenvalue weighted by molar-refractivity contribution is 7.99. The van der Waals surface area contributed by atoms with Crippen molar-refractivity contribution in [3.63, 3.8) is 0 Å². The van der Waals surface area contributed by atoms with Crippen molar-refractivity contribution in [1.82, 2.24) is 9.97 Å². The van der Waals surface area contributed by atoms with Gasteiger partial charge >= 0.3 is 0 Å². The lowest BCUT2D eigenvalue weighted by molar-refractivity contribution is -0.112. The van der Waals surface area contributed by atoms with Crippen LogP contribution >= 0.6 is 11.8 Å². The molecule has 1 heterocycles. The van der Waals surface area contributed by atoms with Crippen molar-refractivity contribution in [2.24, 2.45) is 5.92 Å². The molecule has 2 N–H and O–H groups in total. The quantitative estimate of drug-likeness (QED) is 0.281. The maximum absolute atomic E-state index is 12.5. The van der Waals surface area contributed by atoms with E-state index in [2.05, 4.69) is 20.6 Å². The zero-order valence-corrected chi connectivity index (χ0v) is 18.2. The number of anilines is 3. The number of amides is 1. The van der Waals surface area contributed by atoms with Crippen LogP contribution in [0.5, 0.6) is 5.75 Å². The first-order chi connectivity index (χ1) is 15.6. The van der Waals surface area contributed by atoms with Crippen molar-refractivity contribution in [2.45, 2.75) is 22.8 Å². The van der Waals surface area contributed by atoms with Gasteiger partial charge in [-0.05, 0) is 55.2 Å². The smallest absolute Gasteiger partial charge is 0.265 e. The number of nitrogens with zero attached hydrogens (tertiary/aromatic N) is 3. The number of allylic oxidation sites excluding steroid dienone is 1. The summed E-state index contributed by atoms with van der Waals surface area (Å²) in [6.07, 6.45) is 5.47. The summed E-state index contributed by atoms with van der Waals surface area (Å²) in [5.41, 5.74) is 1.26. The van der Waals surface area contributed by atoms with Crippen molar-refractivity contribution in [2.75, 3.05) is 17.7 Å². The van der Waals surface area contributed by atoms with Crippen LogP contribution in [0.2, 0.25) is 0 Å². The number of ether oxygens (including phenoxy) is 1. The van der Waals surface area contributed by atoms with Crippen LogP contribution in [0.4, 0.5) is 17.3 Å². The highest BCUT2D eigenvalue weighted by atomic mass is 32.2. The summed E-state index contributed by atoms with van der Waals surface area (Å²) >= 11 is 1.53. The average Bonchev–Trinajstić information content (AvgIpc) is 3.63. The van der Waals surface area contributed by atoms with Crippen LogP contribution in [0.3, 0.4) is 0 Å². The Morgan fingerprint density at radius 2 is 2.03 bits per heavy atom. The van der Waals surface area contributed by atoms with Gasteiger partial charge in [-0.2, -0.15) is 5.26 Å². The standard InChI is InChI=1S/C24H21N5O2S/c1-31-21-10-9-18(27-23(30)17(15-25)13-16-7-8-16)14-20(21)28-24-26-12-11-22(29-24)32-19-5-3-2-4-6-19/h2-6,9-14,16H,7-8H2,1H3,(H,27,30)(H,26,28,29). The molecule has 4 rings (SSSR count). The molecule has 8 heteroatoms. The van der Waals surface area contributed by atoms with Crippen molar-refractivity contribution in [3.8, 4) is 11.8 Å². The van der Waals surface area contributed by atoms with Crippen LogP contribution in [0.15, 0.2) is 82.4 Å². The summed E-state index contributed by atoms with van der Waals surface area (Å²) in [6.45, 7) is 0. The molecule has 1 amide bonds. The van der Waals surface area contributed by atoms with Gasteiger partial charge in [0, 0.05) is 16.8 Å². The van der Waals surface area contributed by atoms with Crippen LogP contribution in [-0.2, 0) is 4.79 Å². The number of methoxy groups -OCH3 is 1. The first kappa shape index (κ1) is 21.4. The van der Waals surface area contributed by atoms with Gasteiger partial charge in [-0.15, -0.1) is 0 Å². The number of rotatable bonds is 8. The molecule has 160 valence electrons. The number of hydrogen-bond acceptors (Lipinski definition) is 7. The van der Waals surface area contributed by atoms with E-state index in [0.29, 0.717) is 29.0 Å². The normalized spacial score (nSPS) is 13.2. The molecule has 0 radical (unpaired) electrons. The monoisotopic (exact) mass is 443 g/mol. The summed E-state index contributed by atoms with van der Waals surface area (Å²) in [4.78, 5) is 22.4. The molecule has 7 nitrogen and oxygen atoms in total. The molecule has 1 aliphatic carbocycles. The second-order valence-electron chi connectivity index (χ2n) is 7.16. The van der Waals surface area contributed by atoms with E-state index >= 15 is 0 Å². The molecule has 2 aromatic carbocycles. The molecule has 0 aliphatic heterocycles. The van der Waals surface area contributed by atoms with E-state index in [1.165, 1.54) is 11.8 Å². The second-order valence-corrected chi connectivity index (χ2v) is 8.25. The molecular weight excluding hydrogens is 422 g/mol. The van der Waals surface area contributed by atoms with E-state index in [1.807, 2.05) is 42.5 Å². The summed E-state index contributed by atoms with van der Waals surface area (Å²) in [5.74, 6) is 0.885. The third kappa shape index (κ3) is 5.65. The highest BCUT2D eigenvalue weighted by Gasteiger charge is 2.22. The largest absolute Gasteiger partial charge is 0.495 e. The van der Waals surface area contributed by atoms with E-state index in [1.54, 1.807) is 37.6 Å². The Bertz CT molecular complexity index is 1190. The molecule has 0 unspecified atom stereocenters. The van der Waals surface area contributed by atoms with E-state index in [9.17, 15) is 10.1 Å². The minimum atomic E-state index is -0.423. The third-order valence-electron chi connectivity index (χ3n) is 4.69. The van der Waals surface area contributed by atoms with Crippen molar-refractivity contribution in [1.29, 1.82) is 5.26 Å². The first-order valence-corrected chi connectivity index (χ1v) is 10.9. The van der Waals surface area contributed by atoms with Crippen LogP contribution in [-0.4, -0.2) is 23.0 Å². The summed E-state index contributed by atoms with van der Waals surface area (Å²) in [7, 11) is 1.56. The number of hydrogen-bond donors (Lipinski definition) is 2. The van der Waals surface area contributed by atoms with Gasteiger partial charge in [-0.25, -0.2) is 9.97 Å². The predicted molar refractivity (Wildman–Crippen MR) is 124 cm³/mol. The average molecular weight is 444 g/mol. The molecule has 1 aliphatic rings. The van der Waals surface area contributed by atoms with Gasteiger partial charge in [0.25, 0.3) is 5.91 Å². The van der Waals surface area contributed by atoms with Gasteiger partial charge in [0.1, 0.15) is 22.4 Å². The van der Waals surface area contributed by atoms with Crippen LogP contribution < -0.4 is 15.4 Å². The molecule has 3 aromatic rings. The van der Waals surface area contributed by atoms with E-state index in [-0.39, 0.29) is 5.57 Å². The maximum Gasteiger partial charge on any atom is 0.265 e. The lowest BCUT2D eigenvalue weighted by Gasteiger charge is -2.13. The Morgan fingerprint density at radius 1 is 1.22 bits per heavy atom. The van der Waals surface area contributed by atoms with E-state index in [0.717, 1.165) is 22.8 Å². The Labute approximate surface area is 190 Å². The first-order valence-electron chi connectivity index (χ1n) is 10.1. The fraction of sp³-hybridized carbons (Fsp3) is 0.167. The molecule has 1 fully saturated rings. The minimum absolute atomic E-state index is 0.131. The SMILES string of the molecule is COc1ccc(NC(=O)C(C#N)=CC2CC2)cc1Nc1nccc(Sc2ccccc2)n1. The Kier molecular flexibility index (Phi) is 6.68. The number of aromatic nitrogens is 2. The van der Waals surface area contributed by atoms with Gasteiger partial charge < -0.3 is 15.4 Å². The van der Waals surface area contributed by atoms with Crippen LogP contribution in [0.25, 0.3) is 0 Å². The zero-order valence-electron chi connectivity index (χ0n) is 17.4. The van der Waals surface area contributed by atoms with Gasteiger partial charge in [-0.3, -0.25) is 4.79 Å². The Balaban J connectivity index is 1.51. The lowest BCUT2D eigenvalue weighted by Crippen LogP contribution is -2.14. The van der Waals surface area contributed by atoms with Crippen molar-refractivity contribution < 1.29 is 9.53 Å². The molecule has 1 aromatic heterocycles. The van der Waals surface area contributed by atoms with Gasteiger partial charge in [-0.1, -0.05) is 36.0 Å². The molecular formula is C24H21N5O2S. The molecule has 1 saturated carbocycles. The fourth-order valence-corrected chi connectivity index (χ4v) is 3.73. The number of carbonyl (C=O) groups is 1. The van der Waals surface area contributed by atoms with Crippen LogP contribution in [0, 0.1) is 17.2 Å². The summed E-state index contributed by atoms with van der Waals surface area (Å²) < 4.78 is 5.43. The summed E-state index contributed by atoms with van der Waals surface area (Å²) in [5, 5.41) is 16.0. The molecule has 0 bridgehead atoms. The van der Waals surface area contributed by atoms with E-state index in [4.69, 9.17) is 4.74 Å². The highest BCUT2D eigenvalue weighted by Crippen LogP contribution is 2.33. The number of nitriles is 1. The van der Waals surface area contributed by atoms with Gasteiger partial charge in [0.05, 0.1) is 12.8 Å². The number of nitrogens with one attached hydrogen (secondary N) is 2. The molecule has 0 saturated heterocycles. The maximum atomic E-state index is 12.5. The zero-order chi connectivity index (χ0) is 22.3. The third-order valence-corrected chi connectivity index (χ3v) is 5.63. The van der Waals surface area contributed by atoms with Crippen molar-refractivity contribution in [3.05, 3.63) is 72.4 Å². The van der Waals surface area contributed by atoms with E-state index < -0.39 is 5.91 Å². The number of carbonyl (C=O) groups excluding carboxylic acids is 1. The molecule has 0 spiro atoms. The topological polar surface area (TPSA) is 99.9 Å². The number of benzene rings is 2. The summed E-state index contributed by atoms with van der Waals surface area (Å²) in [6, 6.07) is 19.0. The van der Waals surface area contributed by atoms with Gasteiger partial charge in [0.2, 0.25) is 5.95 Å². The second kappa shape index (κ2) is 9.98. The predicted octanol–water partition coefficient (Wildman–Crippen LogP) is 5.18. The lowest BCUT2D eigenvalue weighted by atomic mass is 10.2. The minimum Gasteiger partial charge on any atom is -0.495 e. The molecule has 0 atom stereocenters. The Morgan fingerprint density at radius 3 is 2.75 bits per heavy atom. The van der Waals surface area contributed by atoms with Crippen molar-refractivity contribution >= 4 is 35.0 Å². The molecule has 32 heavy (non-hydrogen) atoms. The van der Waals surface area contributed by atoms with Gasteiger partial charge in [0.15, 0.2) is 0 Å². The Hall–Kier alpha value is -3.83.